The summed E-state index contributed by atoms with van der Waals surface area (Å²) in [5.74, 6) is 0.118. The zero-order valence-corrected chi connectivity index (χ0v) is 14.8. The van der Waals surface area contributed by atoms with Crippen molar-refractivity contribution < 1.29 is 8.81 Å². The minimum absolute atomic E-state index is 0.160. The lowest BCUT2D eigenvalue weighted by Crippen LogP contribution is -2.15. The van der Waals surface area contributed by atoms with Crippen LogP contribution in [-0.2, 0) is 6.42 Å². The first-order chi connectivity index (χ1) is 12.6. The Bertz CT molecular complexity index is 1160. The van der Waals surface area contributed by atoms with Crippen LogP contribution in [0.1, 0.15) is 23.4 Å². The molecule has 1 aliphatic carbocycles. The highest BCUT2D eigenvalue weighted by Gasteiger charge is 2.20. The molecule has 0 N–H and O–H groups in total. The number of rotatable bonds is 3. The molecule has 1 aliphatic rings. The first kappa shape index (κ1) is 16.5. The normalized spacial score (nSPS) is 14.6. The second kappa shape index (κ2) is 6.39. The molecule has 5 nitrogen and oxygen atoms in total. The number of allylic oxidation sites excluding steroid dienone is 4. The van der Waals surface area contributed by atoms with Crippen LogP contribution in [0, 0.1) is 18.3 Å². The molecule has 0 bridgehead atoms. The summed E-state index contributed by atoms with van der Waals surface area (Å²) in [5.41, 5.74) is 1.52. The first-order valence-corrected chi connectivity index (χ1v) is 8.94. The maximum atomic E-state index is 14.3. The zero-order valence-electron chi connectivity index (χ0n) is 14.0. The Kier molecular flexibility index (Phi) is 4.05. The monoisotopic (exact) mass is 367 g/mol. The Hall–Kier alpha value is -2.98. The van der Waals surface area contributed by atoms with Crippen LogP contribution in [-0.4, -0.2) is 9.38 Å². The van der Waals surface area contributed by atoms with Crippen molar-refractivity contribution in [2.24, 2.45) is 0 Å². The van der Waals surface area contributed by atoms with E-state index in [0.29, 0.717) is 40.5 Å². The molecule has 0 amide bonds. The molecule has 3 aromatic rings. The summed E-state index contributed by atoms with van der Waals surface area (Å²) >= 11 is 1.39. The van der Waals surface area contributed by atoms with Gasteiger partial charge in [0.05, 0.1) is 23.6 Å². The van der Waals surface area contributed by atoms with E-state index in [1.807, 2.05) is 13.0 Å². The number of nitrogens with zero attached hydrogens (tertiary/aromatic N) is 3. The van der Waals surface area contributed by atoms with Gasteiger partial charge in [-0.2, -0.15) is 5.26 Å². The number of hydrogen-bond acceptors (Lipinski definition) is 5. The van der Waals surface area contributed by atoms with Gasteiger partial charge in [0.25, 0.3) is 5.56 Å². The molecule has 0 aliphatic heterocycles. The molecule has 0 atom stereocenters. The highest BCUT2D eigenvalue weighted by atomic mass is 32.1. The summed E-state index contributed by atoms with van der Waals surface area (Å²) in [6.07, 6.45) is 4.55. The third kappa shape index (κ3) is 2.68. The number of hydrogen-bond donors (Lipinski definition) is 0. The average Bonchev–Trinajstić information content (AvgIpc) is 3.23. The minimum atomic E-state index is -0.487. The molecule has 3 heterocycles. The van der Waals surface area contributed by atoms with Crippen molar-refractivity contribution in [3.8, 4) is 17.5 Å². The van der Waals surface area contributed by atoms with Crippen LogP contribution in [0.3, 0.4) is 0 Å². The lowest BCUT2D eigenvalue weighted by atomic mass is 9.96. The maximum Gasteiger partial charge on any atom is 0.259 e. The van der Waals surface area contributed by atoms with E-state index >= 15 is 0 Å². The van der Waals surface area contributed by atoms with Gasteiger partial charge in [-0.15, -0.1) is 11.3 Å². The van der Waals surface area contributed by atoms with E-state index in [9.17, 15) is 9.18 Å². The maximum absolute atomic E-state index is 14.3. The smallest absolute Gasteiger partial charge is 0.259 e. The van der Waals surface area contributed by atoms with Crippen LogP contribution >= 0.6 is 11.3 Å². The van der Waals surface area contributed by atoms with Crippen LogP contribution in [0.4, 0.5) is 4.39 Å². The number of aryl methyl sites for hydroxylation is 1. The topological polar surface area (TPSA) is 71.3 Å². The number of fused-ring (bicyclic) bond motifs is 1. The summed E-state index contributed by atoms with van der Waals surface area (Å²) < 4.78 is 21.3. The van der Waals surface area contributed by atoms with Gasteiger partial charge in [0.2, 0.25) is 0 Å². The van der Waals surface area contributed by atoms with Crippen LogP contribution in [0.2, 0.25) is 0 Å². The average molecular weight is 367 g/mol. The molecule has 3 aromatic heterocycles. The van der Waals surface area contributed by atoms with Gasteiger partial charge in [-0.3, -0.25) is 4.79 Å². The number of furan rings is 1. The predicted molar refractivity (Wildman–Crippen MR) is 96.5 cm³/mol. The Morgan fingerprint density at radius 2 is 2.35 bits per heavy atom. The van der Waals surface area contributed by atoms with Gasteiger partial charge >= 0.3 is 0 Å². The quantitative estimate of drug-likeness (QED) is 0.691. The fourth-order valence-electron chi connectivity index (χ4n) is 3.14. The molecule has 0 fully saturated rings. The Morgan fingerprint density at radius 1 is 1.50 bits per heavy atom. The third-order valence-electron chi connectivity index (χ3n) is 4.34. The molecule has 0 radical (unpaired) electrons. The molecule has 7 heteroatoms. The van der Waals surface area contributed by atoms with Crippen molar-refractivity contribution >= 4 is 16.3 Å². The molecule has 0 spiro atoms. The Balaban J connectivity index is 1.78. The lowest BCUT2D eigenvalue weighted by Gasteiger charge is -2.12. The molecule has 130 valence electrons. The van der Waals surface area contributed by atoms with Gasteiger partial charge in [-0.1, -0.05) is 6.08 Å². The molecule has 0 unspecified atom stereocenters. The fraction of sp³-hybridized carbons (Fsp3) is 0.211. The number of aromatic nitrogens is 2. The second-order valence-electron chi connectivity index (χ2n) is 6.04. The Morgan fingerprint density at radius 3 is 3.08 bits per heavy atom. The van der Waals surface area contributed by atoms with E-state index in [1.54, 1.807) is 24.5 Å². The minimum Gasteiger partial charge on any atom is -0.463 e. The fourth-order valence-corrected chi connectivity index (χ4v) is 4.14. The third-order valence-corrected chi connectivity index (χ3v) is 5.29. The molecule has 4 rings (SSSR count). The van der Waals surface area contributed by atoms with E-state index < -0.39 is 5.83 Å². The highest BCUT2D eigenvalue weighted by molar-refractivity contribution is 7.17. The van der Waals surface area contributed by atoms with Crippen molar-refractivity contribution in [2.45, 2.75) is 26.2 Å². The Labute approximate surface area is 152 Å². The summed E-state index contributed by atoms with van der Waals surface area (Å²) in [4.78, 5) is 18.7. The van der Waals surface area contributed by atoms with Gasteiger partial charge in [0.1, 0.15) is 11.5 Å². The van der Waals surface area contributed by atoms with Crippen LogP contribution in [0.15, 0.2) is 56.7 Å². The van der Waals surface area contributed by atoms with Crippen LogP contribution in [0.5, 0.6) is 0 Å². The van der Waals surface area contributed by atoms with Gasteiger partial charge in [0.15, 0.2) is 10.7 Å². The van der Waals surface area contributed by atoms with Crippen molar-refractivity contribution in [1.29, 1.82) is 5.26 Å². The van der Waals surface area contributed by atoms with Crippen LogP contribution < -0.4 is 5.56 Å². The zero-order chi connectivity index (χ0) is 18.3. The highest BCUT2D eigenvalue weighted by Crippen LogP contribution is 2.31. The van der Waals surface area contributed by atoms with Crippen molar-refractivity contribution in [3.63, 3.8) is 0 Å². The van der Waals surface area contributed by atoms with Gasteiger partial charge in [0, 0.05) is 17.4 Å². The van der Waals surface area contributed by atoms with Gasteiger partial charge in [-0.25, -0.2) is 13.8 Å². The first-order valence-electron chi connectivity index (χ1n) is 8.12. The summed E-state index contributed by atoms with van der Waals surface area (Å²) in [5, 5.41) is 9.00. The van der Waals surface area contributed by atoms with E-state index in [2.05, 4.69) is 4.98 Å². The number of thiazole rings is 1. The molecular formula is C19H14FN3O2S. The van der Waals surface area contributed by atoms with Crippen molar-refractivity contribution in [1.82, 2.24) is 9.38 Å². The van der Waals surface area contributed by atoms with Gasteiger partial charge in [-0.05, 0) is 37.5 Å². The van der Waals surface area contributed by atoms with E-state index in [4.69, 9.17) is 9.68 Å². The molecule has 0 saturated heterocycles. The van der Waals surface area contributed by atoms with E-state index in [0.717, 1.165) is 4.88 Å². The van der Waals surface area contributed by atoms with Crippen molar-refractivity contribution in [2.75, 3.05) is 0 Å². The lowest BCUT2D eigenvalue weighted by molar-refractivity contribution is 0.578. The van der Waals surface area contributed by atoms with Gasteiger partial charge < -0.3 is 4.42 Å². The molecule has 0 aromatic carbocycles. The summed E-state index contributed by atoms with van der Waals surface area (Å²) in [6, 6.07) is 6.89. The largest absolute Gasteiger partial charge is 0.463 e. The second-order valence-corrected chi connectivity index (χ2v) is 7.22. The molecule has 26 heavy (non-hydrogen) atoms. The standard InChI is InChI=1S/C19H14FN3O2S/c1-11-18(15-6-3-7-25-15)23-16(24)9-14(22-19(23)26-11)8-12-4-2-5-13(10-21)17(12)20/h3-4,6-7,9H,2,5,8H2,1H3. The molecule has 0 saturated carbocycles. The number of halogens is 1. The SMILES string of the molecule is Cc1sc2nc(CC3=CCCC(C#N)=C3F)cc(=O)n2c1-c1ccco1. The van der Waals surface area contributed by atoms with Crippen LogP contribution in [0.25, 0.3) is 16.4 Å². The van der Waals surface area contributed by atoms with Crippen molar-refractivity contribution in [3.05, 3.63) is 68.4 Å². The summed E-state index contributed by atoms with van der Waals surface area (Å²) in [6.45, 7) is 1.90. The van der Waals surface area contributed by atoms with E-state index in [-0.39, 0.29) is 17.6 Å². The molecular weight excluding hydrogens is 353 g/mol. The van der Waals surface area contributed by atoms with E-state index in [1.165, 1.54) is 21.8 Å². The number of nitriles is 1. The predicted octanol–water partition coefficient (Wildman–Crippen LogP) is 4.33. The summed E-state index contributed by atoms with van der Waals surface area (Å²) in [7, 11) is 0.